The van der Waals surface area contributed by atoms with Crippen LogP contribution in [0.2, 0.25) is 0 Å². The first-order chi connectivity index (χ1) is 11.1. The molecule has 0 aliphatic carbocycles. The van der Waals surface area contributed by atoms with E-state index in [2.05, 4.69) is 5.18 Å². The van der Waals surface area contributed by atoms with Crippen LogP contribution in [0.3, 0.4) is 0 Å². The fourth-order valence-electron chi connectivity index (χ4n) is 2.03. The van der Waals surface area contributed by atoms with Crippen molar-refractivity contribution in [1.29, 1.82) is 0 Å². The van der Waals surface area contributed by atoms with Crippen molar-refractivity contribution in [2.24, 2.45) is 5.18 Å². The first kappa shape index (κ1) is 16.2. The smallest absolute Gasteiger partial charge is 0.189 e. The molecule has 6 heteroatoms. The zero-order valence-corrected chi connectivity index (χ0v) is 12.8. The van der Waals surface area contributed by atoms with Crippen molar-refractivity contribution in [3.05, 3.63) is 58.5 Å². The van der Waals surface area contributed by atoms with Crippen LogP contribution < -0.4 is 15.2 Å². The van der Waals surface area contributed by atoms with E-state index in [-0.39, 0.29) is 11.5 Å². The molecule has 0 bridgehead atoms. The molecular formula is C17H16N2O4. The lowest BCUT2D eigenvalue weighted by atomic mass is 10.1. The Balaban J connectivity index is 2.26. The van der Waals surface area contributed by atoms with Crippen molar-refractivity contribution in [3.63, 3.8) is 0 Å². The number of hydrogen-bond acceptors (Lipinski definition) is 6. The molecule has 2 N–H and O–H groups in total. The molecule has 0 aromatic heterocycles. The van der Waals surface area contributed by atoms with Gasteiger partial charge in [0.25, 0.3) is 0 Å². The lowest BCUT2D eigenvalue weighted by Gasteiger charge is -2.08. The number of carbonyl (C=O) groups excluding carboxylic acids is 1. The number of nitrogens with two attached hydrogens (primary N) is 1. The maximum absolute atomic E-state index is 12.3. The van der Waals surface area contributed by atoms with Crippen LogP contribution in [0, 0.1) is 4.91 Å². The van der Waals surface area contributed by atoms with Crippen molar-refractivity contribution in [2.45, 2.75) is 0 Å². The van der Waals surface area contributed by atoms with E-state index >= 15 is 0 Å². The molecule has 0 radical (unpaired) electrons. The topological polar surface area (TPSA) is 91.0 Å². The summed E-state index contributed by atoms with van der Waals surface area (Å²) in [6, 6.07) is 9.56. The molecule has 2 aromatic rings. The predicted octanol–water partition coefficient (Wildman–Crippen LogP) is 3.58. The summed E-state index contributed by atoms with van der Waals surface area (Å²) in [4.78, 5) is 22.8. The number of ketones is 1. The number of carbonyl (C=O) groups is 1. The van der Waals surface area contributed by atoms with Gasteiger partial charge in [0.15, 0.2) is 5.78 Å². The number of benzene rings is 2. The van der Waals surface area contributed by atoms with Crippen LogP contribution in [0.5, 0.6) is 11.5 Å². The summed E-state index contributed by atoms with van der Waals surface area (Å²) in [5.74, 6) is 0.789. The number of nitrogens with zero attached hydrogens (tertiary/aromatic N) is 1. The van der Waals surface area contributed by atoms with Crippen molar-refractivity contribution in [3.8, 4) is 11.5 Å². The van der Waals surface area contributed by atoms with E-state index in [0.29, 0.717) is 28.3 Å². The fourth-order valence-corrected chi connectivity index (χ4v) is 2.03. The molecule has 2 aromatic carbocycles. The van der Waals surface area contributed by atoms with Gasteiger partial charge in [0.2, 0.25) is 0 Å². The minimum Gasteiger partial charge on any atom is -0.497 e. The van der Waals surface area contributed by atoms with Gasteiger partial charge in [-0.3, -0.25) is 4.79 Å². The third-order valence-corrected chi connectivity index (χ3v) is 3.26. The number of ether oxygens (including phenoxy) is 2. The maximum Gasteiger partial charge on any atom is 0.189 e. The van der Waals surface area contributed by atoms with E-state index in [0.717, 1.165) is 0 Å². The summed E-state index contributed by atoms with van der Waals surface area (Å²) in [6.07, 6.45) is 2.97. The van der Waals surface area contributed by atoms with E-state index in [4.69, 9.17) is 15.2 Å². The van der Waals surface area contributed by atoms with Crippen LogP contribution in [-0.2, 0) is 0 Å². The third kappa shape index (κ3) is 3.74. The highest BCUT2D eigenvalue weighted by molar-refractivity contribution is 6.09. The second-order valence-corrected chi connectivity index (χ2v) is 4.67. The molecule has 0 saturated heterocycles. The largest absolute Gasteiger partial charge is 0.497 e. The van der Waals surface area contributed by atoms with Gasteiger partial charge < -0.3 is 15.2 Å². The number of hydrogen-bond donors (Lipinski definition) is 1. The highest BCUT2D eigenvalue weighted by Gasteiger charge is 2.11. The van der Waals surface area contributed by atoms with Crippen LogP contribution >= 0.6 is 0 Å². The number of nitroso groups, excluding NO2 is 1. The Hall–Kier alpha value is -3.15. The minimum absolute atomic E-state index is 0.235. The van der Waals surface area contributed by atoms with Crippen molar-refractivity contribution < 1.29 is 14.3 Å². The highest BCUT2D eigenvalue weighted by Crippen LogP contribution is 2.26. The summed E-state index contributed by atoms with van der Waals surface area (Å²) in [5.41, 5.74) is 7.45. The SMILES string of the molecule is COc1ccc(C(=O)/C=C/c2ccc(N=O)cc2N)c(OC)c1. The van der Waals surface area contributed by atoms with Gasteiger partial charge in [-0.2, -0.15) is 0 Å². The quantitative estimate of drug-likeness (QED) is 0.381. The summed E-state index contributed by atoms with van der Waals surface area (Å²) in [7, 11) is 3.02. The Kier molecular flexibility index (Phi) is 5.09. The second kappa shape index (κ2) is 7.22. The van der Waals surface area contributed by atoms with Crippen LogP contribution in [0.15, 0.2) is 47.7 Å². The molecule has 2 rings (SSSR count). The van der Waals surface area contributed by atoms with Gasteiger partial charge >= 0.3 is 0 Å². The Morgan fingerprint density at radius 2 is 1.91 bits per heavy atom. The van der Waals surface area contributed by atoms with Gasteiger partial charge in [0, 0.05) is 11.8 Å². The molecule has 0 amide bonds. The monoisotopic (exact) mass is 312 g/mol. The van der Waals surface area contributed by atoms with Crippen molar-refractivity contribution in [1.82, 2.24) is 0 Å². The zero-order valence-electron chi connectivity index (χ0n) is 12.8. The molecule has 0 unspecified atom stereocenters. The summed E-state index contributed by atoms with van der Waals surface area (Å²) in [6.45, 7) is 0. The lowest BCUT2D eigenvalue weighted by Crippen LogP contribution is -1.99. The summed E-state index contributed by atoms with van der Waals surface area (Å²) in [5, 5.41) is 2.80. The van der Waals surface area contributed by atoms with Crippen molar-refractivity contribution in [2.75, 3.05) is 20.0 Å². The van der Waals surface area contributed by atoms with Gasteiger partial charge in [-0.1, -0.05) is 6.07 Å². The molecule has 0 spiro atoms. The molecule has 0 heterocycles. The Morgan fingerprint density at radius 3 is 2.52 bits per heavy atom. The van der Waals surface area contributed by atoms with E-state index in [9.17, 15) is 9.70 Å². The first-order valence-corrected chi connectivity index (χ1v) is 6.76. The highest BCUT2D eigenvalue weighted by atomic mass is 16.5. The van der Waals surface area contributed by atoms with Gasteiger partial charge in [-0.25, -0.2) is 0 Å². The molecule has 0 atom stereocenters. The molecule has 6 nitrogen and oxygen atoms in total. The average Bonchev–Trinajstić information content (AvgIpc) is 2.59. The molecule has 0 saturated carbocycles. The van der Waals surface area contributed by atoms with Gasteiger partial charge in [0.1, 0.15) is 17.2 Å². The lowest BCUT2D eigenvalue weighted by molar-refractivity contribution is 0.104. The molecule has 0 aliphatic heterocycles. The van der Waals surface area contributed by atoms with Crippen LogP contribution in [0.4, 0.5) is 11.4 Å². The molecule has 118 valence electrons. The minimum atomic E-state index is -0.235. The van der Waals surface area contributed by atoms with Crippen molar-refractivity contribution >= 4 is 23.2 Å². The standard InChI is InChI=1S/C17H16N2O4/c1-22-13-6-7-14(17(10-13)23-2)16(20)8-4-11-3-5-12(19-21)9-15(11)18/h3-10H,18H2,1-2H3/b8-4+. The Morgan fingerprint density at radius 1 is 1.13 bits per heavy atom. The predicted molar refractivity (Wildman–Crippen MR) is 89.2 cm³/mol. The van der Waals surface area contributed by atoms with Gasteiger partial charge in [-0.05, 0) is 47.2 Å². The summed E-state index contributed by atoms with van der Waals surface area (Å²) >= 11 is 0. The maximum atomic E-state index is 12.3. The van der Waals surface area contributed by atoms with E-state index in [1.807, 2.05) is 0 Å². The number of rotatable bonds is 6. The number of allylic oxidation sites excluding steroid dienone is 1. The fraction of sp³-hybridized carbons (Fsp3) is 0.118. The zero-order chi connectivity index (χ0) is 16.8. The molecule has 23 heavy (non-hydrogen) atoms. The summed E-state index contributed by atoms with van der Waals surface area (Å²) < 4.78 is 10.3. The van der Waals surface area contributed by atoms with E-state index in [1.165, 1.54) is 32.4 Å². The molecule has 0 aliphatic rings. The molecular weight excluding hydrogens is 296 g/mol. The number of anilines is 1. The normalized spacial score (nSPS) is 10.5. The average molecular weight is 312 g/mol. The Labute approximate surface area is 133 Å². The Bertz CT molecular complexity index is 769. The third-order valence-electron chi connectivity index (χ3n) is 3.26. The second-order valence-electron chi connectivity index (χ2n) is 4.67. The van der Waals surface area contributed by atoms with Gasteiger partial charge in [-0.15, -0.1) is 4.91 Å². The van der Waals surface area contributed by atoms with Gasteiger partial charge in [0.05, 0.1) is 19.8 Å². The van der Waals surface area contributed by atoms with Crippen LogP contribution in [0.25, 0.3) is 6.08 Å². The van der Waals surface area contributed by atoms with Crippen LogP contribution in [0.1, 0.15) is 15.9 Å². The van der Waals surface area contributed by atoms with E-state index in [1.54, 1.807) is 30.3 Å². The number of methoxy groups -OCH3 is 2. The molecule has 0 fully saturated rings. The van der Waals surface area contributed by atoms with E-state index < -0.39 is 0 Å². The first-order valence-electron chi connectivity index (χ1n) is 6.76. The number of nitrogen functional groups attached to an aromatic ring is 1. The van der Waals surface area contributed by atoms with Crippen LogP contribution in [-0.4, -0.2) is 20.0 Å².